The number of hydrogen-bond acceptors (Lipinski definition) is 4. The number of rotatable bonds is 8. The molecule has 1 unspecified atom stereocenters. The fourth-order valence-electron chi connectivity index (χ4n) is 2.75. The molecule has 1 aliphatic heterocycles. The van der Waals surface area contributed by atoms with Crippen LogP contribution in [0, 0.1) is 5.41 Å². The van der Waals surface area contributed by atoms with Crippen LogP contribution in [0.5, 0.6) is 0 Å². The molecule has 1 aliphatic rings. The second kappa shape index (κ2) is 8.25. The first-order valence-electron chi connectivity index (χ1n) is 7.62. The number of esters is 1. The summed E-state index contributed by atoms with van der Waals surface area (Å²) in [6.45, 7) is 7.16. The summed E-state index contributed by atoms with van der Waals surface area (Å²) in [5.41, 5.74) is -0.236. The first kappa shape index (κ1) is 17.0. The van der Waals surface area contributed by atoms with Gasteiger partial charge in [-0.25, -0.2) is 0 Å². The van der Waals surface area contributed by atoms with Crippen molar-refractivity contribution in [2.75, 3.05) is 33.3 Å². The summed E-state index contributed by atoms with van der Waals surface area (Å²) in [5.74, 6) is 0.0446. The zero-order chi connectivity index (χ0) is 15.0. The van der Waals surface area contributed by atoms with E-state index < -0.39 is 0 Å². The first-order valence-corrected chi connectivity index (χ1v) is 7.62. The zero-order valence-corrected chi connectivity index (χ0v) is 13.0. The van der Waals surface area contributed by atoms with Crippen LogP contribution in [-0.2, 0) is 14.3 Å². The molecule has 1 rings (SSSR count). The molecule has 5 nitrogen and oxygen atoms in total. The molecule has 0 aromatic heterocycles. The molecule has 0 aliphatic carbocycles. The third-order valence-corrected chi connectivity index (χ3v) is 3.99. The monoisotopic (exact) mass is 284 g/mol. The van der Waals surface area contributed by atoms with Crippen LogP contribution in [0.2, 0.25) is 0 Å². The molecule has 1 atom stereocenters. The van der Waals surface area contributed by atoms with Crippen LogP contribution < -0.4 is 5.32 Å². The van der Waals surface area contributed by atoms with E-state index in [0.29, 0.717) is 13.0 Å². The van der Waals surface area contributed by atoms with Crippen LogP contribution in [0.25, 0.3) is 0 Å². The van der Waals surface area contributed by atoms with Gasteiger partial charge in [-0.1, -0.05) is 6.42 Å². The molecule has 0 bridgehead atoms. The van der Waals surface area contributed by atoms with Crippen LogP contribution >= 0.6 is 0 Å². The number of nitrogens with zero attached hydrogens (tertiary/aromatic N) is 1. The Morgan fingerprint density at radius 2 is 2.05 bits per heavy atom. The second-order valence-electron chi connectivity index (χ2n) is 5.78. The van der Waals surface area contributed by atoms with E-state index in [9.17, 15) is 9.59 Å². The number of hydrogen-bond donors (Lipinski definition) is 1. The van der Waals surface area contributed by atoms with Gasteiger partial charge in [0.1, 0.15) is 0 Å². The van der Waals surface area contributed by atoms with Gasteiger partial charge < -0.3 is 15.0 Å². The van der Waals surface area contributed by atoms with E-state index in [2.05, 4.69) is 10.2 Å². The maximum Gasteiger partial charge on any atom is 0.305 e. The van der Waals surface area contributed by atoms with Gasteiger partial charge >= 0.3 is 5.97 Å². The second-order valence-corrected chi connectivity index (χ2v) is 5.78. The molecule has 20 heavy (non-hydrogen) atoms. The Hall–Kier alpha value is -1.10. The summed E-state index contributed by atoms with van der Waals surface area (Å²) in [4.78, 5) is 25.3. The fourth-order valence-corrected chi connectivity index (χ4v) is 2.75. The van der Waals surface area contributed by atoms with Crippen molar-refractivity contribution in [2.24, 2.45) is 5.41 Å². The molecule has 5 heteroatoms. The lowest BCUT2D eigenvalue weighted by atomic mass is 9.89. The summed E-state index contributed by atoms with van der Waals surface area (Å²) >= 11 is 0. The lowest BCUT2D eigenvalue weighted by molar-refractivity contribution is -0.143. The average Bonchev–Trinajstić information content (AvgIpc) is 2.81. The van der Waals surface area contributed by atoms with Crippen LogP contribution in [0.15, 0.2) is 0 Å². The molecule has 0 radical (unpaired) electrons. The Balaban J connectivity index is 2.12. The van der Waals surface area contributed by atoms with Crippen molar-refractivity contribution in [3.05, 3.63) is 0 Å². The van der Waals surface area contributed by atoms with Crippen LogP contribution in [0.4, 0.5) is 0 Å². The van der Waals surface area contributed by atoms with Gasteiger partial charge in [0.05, 0.1) is 12.0 Å². The third-order valence-electron chi connectivity index (χ3n) is 3.99. The summed E-state index contributed by atoms with van der Waals surface area (Å²) in [5, 5.41) is 2.75. The van der Waals surface area contributed by atoms with Crippen molar-refractivity contribution in [3.8, 4) is 0 Å². The number of carbonyl (C=O) groups excluding carboxylic acids is 2. The summed E-state index contributed by atoms with van der Waals surface area (Å²) in [6, 6.07) is 0. The number of likely N-dealkylation sites (tertiary alicyclic amines) is 1. The van der Waals surface area contributed by atoms with Crippen molar-refractivity contribution in [1.82, 2.24) is 10.2 Å². The first-order chi connectivity index (χ1) is 9.51. The average molecular weight is 284 g/mol. The van der Waals surface area contributed by atoms with Gasteiger partial charge in [-0.15, -0.1) is 0 Å². The summed E-state index contributed by atoms with van der Waals surface area (Å²) in [7, 11) is 1.70. The highest BCUT2D eigenvalue weighted by atomic mass is 16.5. The molecule has 1 heterocycles. The predicted octanol–water partition coefficient (Wildman–Crippen LogP) is 1.57. The van der Waals surface area contributed by atoms with Crippen LogP contribution in [-0.4, -0.2) is 50.1 Å². The van der Waals surface area contributed by atoms with E-state index in [1.807, 2.05) is 13.8 Å². The third kappa shape index (κ3) is 5.12. The Bertz CT molecular complexity index is 333. The van der Waals surface area contributed by atoms with Gasteiger partial charge in [0.15, 0.2) is 0 Å². The smallest absolute Gasteiger partial charge is 0.305 e. The highest BCUT2D eigenvalue weighted by molar-refractivity contribution is 5.82. The minimum absolute atomic E-state index is 0.0964. The SMILES string of the molecule is CCOC(=O)CCCCCN1CCC(C)(C(=O)NC)C1. The topological polar surface area (TPSA) is 58.6 Å². The Morgan fingerprint density at radius 1 is 1.30 bits per heavy atom. The molecule has 1 fully saturated rings. The van der Waals surface area contributed by atoms with Crippen molar-refractivity contribution in [1.29, 1.82) is 0 Å². The van der Waals surface area contributed by atoms with Gasteiger partial charge in [0.25, 0.3) is 0 Å². The highest BCUT2D eigenvalue weighted by Crippen LogP contribution is 2.30. The number of carbonyl (C=O) groups is 2. The molecule has 1 N–H and O–H groups in total. The van der Waals surface area contributed by atoms with E-state index in [1.165, 1.54) is 0 Å². The largest absolute Gasteiger partial charge is 0.466 e. The minimum Gasteiger partial charge on any atom is -0.466 e. The number of nitrogens with one attached hydrogen (secondary N) is 1. The quantitative estimate of drug-likeness (QED) is 0.543. The number of amides is 1. The van der Waals surface area contributed by atoms with Gasteiger partial charge in [0, 0.05) is 20.0 Å². The summed E-state index contributed by atoms with van der Waals surface area (Å²) < 4.78 is 4.89. The van der Waals surface area contributed by atoms with Crippen molar-refractivity contribution < 1.29 is 14.3 Å². The maximum absolute atomic E-state index is 11.8. The van der Waals surface area contributed by atoms with E-state index in [4.69, 9.17) is 4.74 Å². The normalized spacial score (nSPS) is 22.8. The summed E-state index contributed by atoms with van der Waals surface area (Å²) in [6.07, 6.45) is 4.44. The zero-order valence-electron chi connectivity index (χ0n) is 13.0. The highest BCUT2D eigenvalue weighted by Gasteiger charge is 2.39. The van der Waals surface area contributed by atoms with E-state index in [0.717, 1.165) is 45.3 Å². The molecule has 0 spiro atoms. The number of ether oxygens (including phenoxy) is 1. The van der Waals surface area contributed by atoms with Gasteiger partial charge in [-0.2, -0.15) is 0 Å². The van der Waals surface area contributed by atoms with E-state index in [-0.39, 0.29) is 17.3 Å². The fraction of sp³-hybridized carbons (Fsp3) is 0.867. The molecular weight excluding hydrogens is 256 g/mol. The van der Waals surface area contributed by atoms with Crippen molar-refractivity contribution >= 4 is 11.9 Å². The van der Waals surface area contributed by atoms with E-state index >= 15 is 0 Å². The number of unbranched alkanes of at least 4 members (excludes halogenated alkanes) is 2. The Morgan fingerprint density at radius 3 is 2.70 bits per heavy atom. The molecule has 116 valence electrons. The van der Waals surface area contributed by atoms with E-state index in [1.54, 1.807) is 7.05 Å². The van der Waals surface area contributed by atoms with Crippen molar-refractivity contribution in [3.63, 3.8) is 0 Å². The molecule has 1 amide bonds. The molecule has 0 saturated carbocycles. The van der Waals surface area contributed by atoms with Gasteiger partial charge in [0.2, 0.25) is 5.91 Å². The molecular formula is C15H28N2O3. The predicted molar refractivity (Wildman–Crippen MR) is 78.3 cm³/mol. The molecule has 0 aromatic rings. The van der Waals surface area contributed by atoms with Gasteiger partial charge in [-0.05, 0) is 46.2 Å². The Kier molecular flexibility index (Phi) is 6.99. The standard InChI is InChI=1S/C15H28N2O3/c1-4-20-13(18)8-6-5-7-10-17-11-9-15(2,12-17)14(19)16-3/h4-12H2,1-3H3,(H,16,19). The Labute approximate surface area is 122 Å². The van der Waals surface area contributed by atoms with Crippen LogP contribution in [0.1, 0.15) is 46.0 Å². The van der Waals surface area contributed by atoms with Crippen molar-refractivity contribution in [2.45, 2.75) is 46.0 Å². The molecule has 0 aromatic carbocycles. The van der Waals surface area contributed by atoms with Crippen LogP contribution in [0.3, 0.4) is 0 Å². The lowest BCUT2D eigenvalue weighted by Gasteiger charge is -2.22. The van der Waals surface area contributed by atoms with Gasteiger partial charge in [-0.3, -0.25) is 9.59 Å². The maximum atomic E-state index is 11.8. The molecule has 1 saturated heterocycles. The lowest BCUT2D eigenvalue weighted by Crippen LogP contribution is -2.39. The minimum atomic E-state index is -0.236.